The van der Waals surface area contributed by atoms with Gasteiger partial charge in [-0.1, -0.05) is 85.3 Å². The van der Waals surface area contributed by atoms with Gasteiger partial charge in [0.1, 0.15) is 0 Å². The Morgan fingerprint density at radius 2 is 1.03 bits per heavy atom. The quantitative estimate of drug-likeness (QED) is 0.204. The number of halogens is 2. The first-order valence-corrected chi connectivity index (χ1v) is 17.5. The van der Waals surface area contributed by atoms with Crippen LogP contribution in [0.3, 0.4) is 0 Å². The van der Waals surface area contributed by atoms with Crippen LogP contribution in [-0.2, 0) is 23.3 Å². The number of benzene rings is 4. The van der Waals surface area contributed by atoms with Gasteiger partial charge in [-0.05, 0) is 5.56 Å². The van der Waals surface area contributed by atoms with Crippen molar-refractivity contribution in [2.45, 2.75) is 20.0 Å². The van der Waals surface area contributed by atoms with Crippen LogP contribution in [0.1, 0.15) is 5.56 Å². The van der Waals surface area contributed by atoms with E-state index in [9.17, 15) is 0 Å². The van der Waals surface area contributed by atoms with Gasteiger partial charge in [0.25, 0.3) is 0 Å². The molecule has 0 spiro atoms. The van der Waals surface area contributed by atoms with Crippen LogP contribution in [-0.4, -0.2) is 5.43 Å². The third-order valence-electron chi connectivity index (χ3n) is 5.50. The molecular formula is C31H28Cl2SiZr-2. The van der Waals surface area contributed by atoms with Gasteiger partial charge in [0.15, 0.2) is 0 Å². The van der Waals surface area contributed by atoms with Gasteiger partial charge < -0.3 is 24.8 Å². The van der Waals surface area contributed by atoms with Crippen LogP contribution in [0.25, 0.3) is 43.4 Å². The van der Waals surface area contributed by atoms with Gasteiger partial charge in [-0.2, -0.15) is 6.07 Å². The molecule has 4 heteroatoms. The Bertz CT molecular complexity index is 1460. The Balaban J connectivity index is 0.000000207. The fourth-order valence-electron chi connectivity index (χ4n) is 4.16. The Morgan fingerprint density at radius 1 is 0.571 bits per heavy atom. The van der Waals surface area contributed by atoms with Gasteiger partial charge in [0.2, 0.25) is 0 Å². The molecule has 0 saturated heterocycles. The number of hydrogen-bond donors (Lipinski definition) is 0. The predicted octanol–water partition coefficient (Wildman–Crippen LogP) is 3.04. The molecule has 0 N–H and O–H groups in total. The summed E-state index contributed by atoms with van der Waals surface area (Å²) in [5, 5.41) is 8.08. The van der Waals surface area contributed by atoms with Crippen LogP contribution in [0.2, 0.25) is 13.1 Å². The van der Waals surface area contributed by atoms with Crippen LogP contribution in [0.5, 0.6) is 0 Å². The molecule has 0 unspecified atom stereocenters. The maximum absolute atomic E-state index is 2.31. The first-order chi connectivity index (χ1) is 16.0. The van der Waals surface area contributed by atoms with E-state index in [4.69, 9.17) is 0 Å². The molecule has 0 aliphatic rings. The molecule has 0 atom stereocenters. The minimum atomic E-state index is 0. The predicted molar refractivity (Wildman–Crippen MR) is 144 cm³/mol. The van der Waals surface area contributed by atoms with Crippen LogP contribution in [0.15, 0.2) is 115 Å². The summed E-state index contributed by atoms with van der Waals surface area (Å²) in [6.45, 7) is 6.76. The summed E-state index contributed by atoms with van der Waals surface area (Å²) in [4.78, 5) is 0. The minimum absolute atomic E-state index is 0. The summed E-state index contributed by atoms with van der Waals surface area (Å²) in [5.41, 5.74) is 4.16. The minimum Gasteiger partial charge on any atom is -1.00 e. The average Bonchev–Trinajstić information content (AvgIpc) is 3.39. The van der Waals surface area contributed by atoms with E-state index in [0.29, 0.717) is 0 Å². The molecule has 0 nitrogen and oxygen atoms in total. The summed E-state index contributed by atoms with van der Waals surface area (Å²) in [5.74, 6) is 0. The largest absolute Gasteiger partial charge is 1.00 e. The number of fused-ring (bicyclic) bond motifs is 4. The Morgan fingerprint density at radius 3 is 1.60 bits per heavy atom. The Kier molecular flexibility index (Phi) is 11.7. The molecule has 0 aliphatic heterocycles. The number of rotatable bonds is 1. The van der Waals surface area contributed by atoms with Gasteiger partial charge in [0, 0.05) is 0 Å². The second-order valence-corrected chi connectivity index (χ2v) is 17.9. The average molecular weight is 591 g/mol. The zero-order valence-electron chi connectivity index (χ0n) is 20.2. The van der Waals surface area contributed by atoms with Gasteiger partial charge in [-0.3, -0.25) is 0 Å². The molecule has 0 bridgehead atoms. The van der Waals surface area contributed by atoms with Crippen LogP contribution in [0.4, 0.5) is 0 Å². The van der Waals surface area contributed by atoms with E-state index in [1.807, 2.05) is 0 Å². The second kappa shape index (κ2) is 14.0. The first kappa shape index (κ1) is 29.3. The first-order valence-electron chi connectivity index (χ1n) is 11.3. The molecule has 0 amide bonds. The van der Waals surface area contributed by atoms with Crippen molar-refractivity contribution in [3.8, 4) is 11.1 Å². The molecule has 0 saturated carbocycles. The molecule has 0 aromatic heterocycles. The van der Waals surface area contributed by atoms with E-state index in [1.54, 1.807) is 23.3 Å². The zero-order chi connectivity index (χ0) is 23.2. The summed E-state index contributed by atoms with van der Waals surface area (Å²) in [6, 6.07) is 40.8. The molecular weight excluding hydrogens is 563 g/mol. The smallest absolute Gasteiger partial charge is 0.0279 e. The van der Waals surface area contributed by atoms with E-state index >= 15 is 0 Å². The third-order valence-corrected chi connectivity index (χ3v) is 5.50. The van der Waals surface area contributed by atoms with Gasteiger partial charge in [-0.25, -0.2) is 0 Å². The van der Waals surface area contributed by atoms with Crippen LogP contribution < -0.4 is 24.8 Å². The van der Waals surface area contributed by atoms with Crippen molar-refractivity contribution in [2.24, 2.45) is 0 Å². The van der Waals surface area contributed by atoms with Crippen molar-refractivity contribution >= 4 is 37.8 Å². The Hall–Kier alpha value is -1.96. The molecule has 6 aromatic rings. The van der Waals surface area contributed by atoms with Gasteiger partial charge >= 0.3 is 41.9 Å². The molecule has 176 valence electrons. The summed E-state index contributed by atoms with van der Waals surface area (Å²) >= 11 is 1.74. The monoisotopic (exact) mass is 588 g/mol. The van der Waals surface area contributed by atoms with E-state index in [2.05, 4.69) is 135 Å². The summed E-state index contributed by atoms with van der Waals surface area (Å²) in [6.07, 6.45) is 0. The standard InChI is InChI=1S/C16H13.C13H9.C2H6Si.2ClH.Zr/c1-12-10-14-8-5-9-15(16(14)11-12)13-6-3-2-4-7-13;1-3-7-12-10(5-1)9-11-6-2-4-8-13(11)12;1-3-2;;;/h2-11H,1H3;1-9H;1-2H3;2*1H;/q2*-1;;;;+2/p-2. The number of hydrogen-bond acceptors (Lipinski definition) is 0. The van der Waals surface area contributed by atoms with Gasteiger partial charge in [-0.15, -0.1) is 74.3 Å². The molecule has 0 heterocycles. The fraction of sp³-hybridized carbons (Fsp3) is 0.0968. The molecule has 0 fully saturated rings. The Labute approximate surface area is 236 Å². The third kappa shape index (κ3) is 7.51. The van der Waals surface area contributed by atoms with Crippen LogP contribution in [0, 0.1) is 6.92 Å². The fourth-order valence-corrected chi connectivity index (χ4v) is 4.16. The van der Waals surface area contributed by atoms with E-state index in [-0.39, 0.29) is 30.2 Å². The van der Waals surface area contributed by atoms with Crippen molar-refractivity contribution in [3.05, 3.63) is 121 Å². The summed E-state index contributed by atoms with van der Waals surface area (Å²) < 4.78 is 0. The molecule has 0 radical (unpaired) electrons. The maximum atomic E-state index is 2.31. The van der Waals surface area contributed by atoms with Crippen molar-refractivity contribution in [2.75, 3.05) is 0 Å². The summed E-state index contributed by atoms with van der Waals surface area (Å²) in [7, 11) is 0. The normalized spacial score (nSPS) is 9.86. The van der Waals surface area contributed by atoms with E-state index in [1.165, 1.54) is 49.0 Å². The van der Waals surface area contributed by atoms with E-state index < -0.39 is 0 Å². The molecule has 6 aromatic carbocycles. The second-order valence-electron chi connectivity index (χ2n) is 8.53. The van der Waals surface area contributed by atoms with Crippen LogP contribution >= 0.6 is 0 Å². The SMILES string of the molecule is C[Si](C)=[Zr+2].Cc1cc2c(-c3ccccc3)cccc2[cH-]1.[Cl-].[Cl-].c1ccc2c(c1)[cH-]c1ccccc12. The number of aryl methyl sites for hydroxylation is 1. The van der Waals surface area contributed by atoms with Crippen molar-refractivity contribution in [3.63, 3.8) is 0 Å². The topological polar surface area (TPSA) is 0 Å². The van der Waals surface area contributed by atoms with Crippen molar-refractivity contribution < 1.29 is 48.1 Å². The van der Waals surface area contributed by atoms with Crippen molar-refractivity contribution in [1.29, 1.82) is 0 Å². The van der Waals surface area contributed by atoms with Crippen molar-refractivity contribution in [1.82, 2.24) is 0 Å². The molecule has 6 rings (SSSR count). The molecule has 35 heavy (non-hydrogen) atoms. The van der Waals surface area contributed by atoms with Gasteiger partial charge in [0.05, 0.1) is 0 Å². The van der Waals surface area contributed by atoms with E-state index in [0.717, 1.165) is 0 Å². The maximum Gasteiger partial charge on any atom is -0.0279 e. The zero-order valence-corrected chi connectivity index (χ0v) is 25.2. The molecule has 0 aliphatic carbocycles.